The lowest BCUT2D eigenvalue weighted by atomic mass is 10.00. The van der Waals surface area contributed by atoms with Gasteiger partial charge in [0.2, 0.25) is 5.95 Å². The van der Waals surface area contributed by atoms with Gasteiger partial charge in [-0.2, -0.15) is 4.98 Å². The molecule has 1 aliphatic heterocycles. The highest BCUT2D eigenvalue weighted by Crippen LogP contribution is 2.21. The van der Waals surface area contributed by atoms with Crippen LogP contribution in [0.3, 0.4) is 0 Å². The second-order valence-corrected chi connectivity index (χ2v) is 5.56. The van der Waals surface area contributed by atoms with Crippen molar-refractivity contribution >= 4 is 11.8 Å². The molecule has 112 valence electrons. The van der Waals surface area contributed by atoms with Crippen LogP contribution in [0.5, 0.6) is 0 Å². The van der Waals surface area contributed by atoms with Gasteiger partial charge in [-0.05, 0) is 32.1 Å². The lowest BCUT2D eigenvalue weighted by Crippen LogP contribution is -2.30. The number of aryl methyl sites for hydroxylation is 1. The minimum Gasteiger partial charge on any atom is -0.381 e. The van der Waals surface area contributed by atoms with Gasteiger partial charge in [-0.25, -0.2) is 4.98 Å². The fourth-order valence-corrected chi connectivity index (χ4v) is 2.54. The number of anilines is 2. The fourth-order valence-electron chi connectivity index (χ4n) is 2.54. The molecule has 0 aliphatic carbocycles. The minimum absolute atomic E-state index is 0.704. The first-order valence-corrected chi connectivity index (χ1v) is 7.57. The first-order valence-electron chi connectivity index (χ1n) is 7.57. The van der Waals surface area contributed by atoms with Gasteiger partial charge in [-0.15, -0.1) is 0 Å². The Morgan fingerprint density at radius 3 is 2.85 bits per heavy atom. The zero-order chi connectivity index (χ0) is 14.4. The Hall–Kier alpha value is -1.36. The molecule has 0 spiro atoms. The summed E-state index contributed by atoms with van der Waals surface area (Å²) in [4.78, 5) is 11.2. The highest BCUT2D eigenvalue weighted by atomic mass is 16.5. The quantitative estimate of drug-likeness (QED) is 0.866. The van der Waals surface area contributed by atoms with Crippen molar-refractivity contribution in [1.82, 2.24) is 9.97 Å². The maximum absolute atomic E-state index is 5.42. The number of rotatable bonds is 6. The van der Waals surface area contributed by atoms with Crippen molar-refractivity contribution in [1.29, 1.82) is 0 Å². The first kappa shape index (κ1) is 15.0. The molecule has 0 atom stereocenters. The Labute approximate surface area is 121 Å². The monoisotopic (exact) mass is 278 g/mol. The standard InChI is InChI=1S/C15H26N4O/c1-4-7-16-15-17-10-12(2)14(18-15)19(3)11-13-5-8-20-9-6-13/h10,13H,4-9,11H2,1-3H3,(H,16,17,18). The molecule has 0 saturated carbocycles. The predicted molar refractivity (Wildman–Crippen MR) is 82.4 cm³/mol. The molecule has 1 aromatic heterocycles. The van der Waals surface area contributed by atoms with Gasteiger partial charge in [0.15, 0.2) is 0 Å². The number of nitrogens with one attached hydrogen (secondary N) is 1. The molecule has 1 fully saturated rings. The SMILES string of the molecule is CCCNc1ncc(C)c(N(C)CC2CCOCC2)n1. The lowest BCUT2D eigenvalue weighted by molar-refractivity contribution is 0.0685. The third kappa shape index (κ3) is 4.07. The zero-order valence-electron chi connectivity index (χ0n) is 12.9. The molecular formula is C15H26N4O. The van der Waals surface area contributed by atoms with E-state index in [2.05, 4.69) is 41.1 Å². The smallest absolute Gasteiger partial charge is 0.224 e. The van der Waals surface area contributed by atoms with Gasteiger partial charge in [0.05, 0.1) is 0 Å². The second-order valence-electron chi connectivity index (χ2n) is 5.56. The summed E-state index contributed by atoms with van der Waals surface area (Å²) in [5, 5.41) is 3.25. The second kappa shape index (κ2) is 7.43. The van der Waals surface area contributed by atoms with Crippen molar-refractivity contribution in [2.45, 2.75) is 33.1 Å². The van der Waals surface area contributed by atoms with Gasteiger partial charge in [0.1, 0.15) is 5.82 Å². The minimum atomic E-state index is 0.704. The van der Waals surface area contributed by atoms with Crippen LogP contribution in [0.15, 0.2) is 6.20 Å². The van der Waals surface area contributed by atoms with Crippen LogP contribution in [0.1, 0.15) is 31.7 Å². The highest BCUT2D eigenvalue weighted by Gasteiger charge is 2.17. The van der Waals surface area contributed by atoms with Crippen LogP contribution in [0.25, 0.3) is 0 Å². The van der Waals surface area contributed by atoms with E-state index in [1.165, 1.54) is 0 Å². The van der Waals surface area contributed by atoms with Crippen LogP contribution in [-0.2, 0) is 4.74 Å². The highest BCUT2D eigenvalue weighted by molar-refractivity contribution is 5.48. The molecule has 5 heteroatoms. The maximum atomic E-state index is 5.42. The number of hydrogen-bond acceptors (Lipinski definition) is 5. The summed E-state index contributed by atoms with van der Waals surface area (Å²) < 4.78 is 5.42. The molecule has 1 N–H and O–H groups in total. The van der Waals surface area contributed by atoms with Crippen molar-refractivity contribution in [3.05, 3.63) is 11.8 Å². The normalized spacial score (nSPS) is 16.1. The van der Waals surface area contributed by atoms with E-state index in [-0.39, 0.29) is 0 Å². The van der Waals surface area contributed by atoms with E-state index in [4.69, 9.17) is 4.74 Å². The number of ether oxygens (including phenoxy) is 1. The summed E-state index contributed by atoms with van der Waals surface area (Å²) in [6.45, 7) is 7.94. The van der Waals surface area contributed by atoms with Gasteiger partial charge >= 0.3 is 0 Å². The van der Waals surface area contributed by atoms with Crippen molar-refractivity contribution in [3.63, 3.8) is 0 Å². The molecule has 1 aromatic rings. The first-order chi connectivity index (χ1) is 9.70. The van der Waals surface area contributed by atoms with Crippen molar-refractivity contribution < 1.29 is 4.74 Å². The Morgan fingerprint density at radius 2 is 2.15 bits per heavy atom. The van der Waals surface area contributed by atoms with Crippen molar-refractivity contribution in [2.75, 3.05) is 43.6 Å². The van der Waals surface area contributed by atoms with E-state index in [0.717, 1.165) is 62.9 Å². The third-order valence-electron chi connectivity index (χ3n) is 3.71. The van der Waals surface area contributed by atoms with Crippen LogP contribution in [0.2, 0.25) is 0 Å². The van der Waals surface area contributed by atoms with Gasteiger partial charge < -0.3 is 15.0 Å². The van der Waals surface area contributed by atoms with E-state index in [1.807, 2.05) is 6.20 Å². The maximum Gasteiger partial charge on any atom is 0.224 e. The Kier molecular flexibility index (Phi) is 5.59. The van der Waals surface area contributed by atoms with Crippen LogP contribution in [0, 0.1) is 12.8 Å². The van der Waals surface area contributed by atoms with E-state index in [0.29, 0.717) is 5.92 Å². The Morgan fingerprint density at radius 1 is 1.40 bits per heavy atom. The van der Waals surface area contributed by atoms with Crippen LogP contribution < -0.4 is 10.2 Å². The van der Waals surface area contributed by atoms with Crippen molar-refractivity contribution in [2.24, 2.45) is 5.92 Å². The summed E-state index contributed by atoms with van der Waals surface area (Å²) in [7, 11) is 2.12. The topological polar surface area (TPSA) is 50.3 Å². The molecule has 20 heavy (non-hydrogen) atoms. The van der Waals surface area contributed by atoms with Gasteiger partial charge in [-0.3, -0.25) is 0 Å². The molecule has 0 radical (unpaired) electrons. The largest absolute Gasteiger partial charge is 0.381 e. The number of aromatic nitrogens is 2. The Bertz CT molecular complexity index is 418. The molecule has 1 aliphatic rings. The molecule has 2 heterocycles. The van der Waals surface area contributed by atoms with Crippen molar-refractivity contribution in [3.8, 4) is 0 Å². The molecule has 1 saturated heterocycles. The summed E-state index contributed by atoms with van der Waals surface area (Å²) in [5.41, 5.74) is 1.13. The predicted octanol–water partition coefficient (Wildman–Crippen LogP) is 2.47. The third-order valence-corrected chi connectivity index (χ3v) is 3.71. The summed E-state index contributed by atoms with van der Waals surface area (Å²) in [6, 6.07) is 0. The van der Waals surface area contributed by atoms with E-state index in [1.54, 1.807) is 0 Å². The molecule has 0 unspecified atom stereocenters. The van der Waals surface area contributed by atoms with Crippen LogP contribution in [0.4, 0.5) is 11.8 Å². The summed E-state index contributed by atoms with van der Waals surface area (Å²) >= 11 is 0. The van der Waals surface area contributed by atoms with Gasteiger partial charge in [-0.1, -0.05) is 6.92 Å². The van der Waals surface area contributed by atoms with Crippen LogP contribution >= 0.6 is 0 Å². The zero-order valence-corrected chi connectivity index (χ0v) is 12.9. The van der Waals surface area contributed by atoms with Gasteiger partial charge in [0.25, 0.3) is 0 Å². The number of nitrogens with zero attached hydrogens (tertiary/aromatic N) is 3. The summed E-state index contributed by atoms with van der Waals surface area (Å²) in [6.07, 6.45) is 5.27. The van der Waals surface area contributed by atoms with Gasteiger partial charge in [0, 0.05) is 45.1 Å². The molecule has 5 nitrogen and oxygen atoms in total. The molecule has 2 rings (SSSR count). The lowest BCUT2D eigenvalue weighted by Gasteiger charge is -2.28. The van der Waals surface area contributed by atoms with E-state index in [9.17, 15) is 0 Å². The average Bonchev–Trinajstić information content (AvgIpc) is 2.47. The molecular weight excluding hydrogens is 252 g/mol. The van der Waals surface area contributed by atoms with E-state index < -0.39 is 0 Å². The molecule has 0 bridgehead atoms. The fraction of sp³-hybridized carbons (Fsp3) is 0.733. The average molecular weight is 278 g/mol. The van der Waals surface area contributed by atoms with Crippen LogP contribution in [-0.4, -0.2) is 43.3 Å². The molecule has 0 amide bonds. The summed E-state index contributed by atoms with van der Waals surface area (Å²) in [5.74, 6) is 2.46. The number of hydrogen-bond donors (Lipinski definition) is 1. The van der Waals surface area contributed by atoms with E-state index >= 15 is 0 Å². The molecule has 0 aromatic carbocycles. The Balaban J connectivity index is 2.01.